The minimum Gasteiger partial charge on any atom is -0.394 e. The predicted octanol–water partition coefficient (Wildman–Crippen LogP) is 16.8. The van der Waals surface area contributed by atoms with E-state index in [2.05, 4.69) is 141 Å². The highest BCUT2D eigenvalue weighted by molar-refractivity contribution is 5.76. The number of amides is 1. The summed E-state index contributed by atoms with van der Waals surface area (Å²) in [6.45, 7) is 1.62. The van der Waals surface area contributed by atoms with E-state index < -0.39 is 124 Å². The minimum atomic E-state index is -1.99. The maximum Gasteiger partial charge on any atom is 0.220 e. The van der Waals surface area contributed by atoms with E-state index in [0.29, 0.717) is 12.8 Å². The molecule has 644 valence electrons. The van der Waals surface area contributed by atoms with Gasteiger partial charge in [-0.05, 0) is 103 Å². The molecule has 19 heteroatoms. The Morgan fingerprint density at radius 3 is 1.00 bits per heavy atom. The van der Waals surface area contributed by atoms with Crippen molar-refractivity contribution >= 4 is 5.91 Å². The van der Waals surface area contributed by atoms with Crippen molar-refractivity contribution in [2.45, 2.75) is 420 Å². The molecule has 3 heterocycles. The molecule has 112 heavy (non-hydrogen) atoms. The molecule has 0 saturated carbocycles. The first-order valence-corrected chi connectivity index (χ1v) is 44.4. The van der Waals surface area contributed by atoms with Crippen LogP contribution in [0.2, 0.25) is 0 Å². The molecule has 0 radical (unpaired) electrons. The summed E-state index contributed by atoms with van der Waals surface area (Å²) in [7, 11) is 0. The number of carbonyl (C=O) groups excluding carboxylic acids is 1. The lowest BCUT2D eigenvalue weighted by Crippen LogP contribution is -2.66. The van der Waals surface area contributed by atoms with Crippen molar-refractivity contribution in [3.8, 4) is 0 Å². The van der Waals surface area contributed by atoms with Crippen LogP contribution >= 0.6 is 0 Å². The van der Waals surface area contributed by atoms with Crippen LogP contribution in [-0.4, -0.2) is 193 Å². The van der Waals surface area contributed by atoms with Crippen LogP contribution in [0.3, 0.4) is 0 Å². The molecule has 3 aliphatic rings. The number of nitrogens with one attached hydrogen (secondary N) is 1. The van der Waals surface area contributed by atoms with Crippen LogP contribution < -0.4 is 5.32 Å². The number of allylic oxidation sites excluding steroid dienone is 21. The zero-order valence-corrected chi connectivity index (χ0v) is 69.4. The van der Waals surface area contributed by atoms with E-state index in [4.69, 9.17) is 28.4 Å². The average Bonchev–Trinajstić information content (AvgIpc) is 0.782. The van der Waals surface area contributed by atoms with Crippen LogP contribution in [0.4, 0.5) is 0 Å². The predicted molar refractivity (Wildman–Crippen MR) is 452 cm³/mol. The first-order chi connectivity index (χ1) is 54.8. The summed E-state index contributed by atoms with van der Waals surface area (Å²) in [5.41, 5.74) is 0. The summed E-state index contributed by atoms with van der Waals surface area (Å²) in [5.74, 6) is -0.299. The van der Waals surface area contributed by atoms with E-state index in [9.17, 15) is 61.0 Å². The van der Waals surface area contributed by atoms with Crippen molar-refractivity contribution in [3.63, 3.8) is 0 Å². The fourth-order valence-corrected chi connectivity index (χ4v) is 14.1. The van der Waals surface area contributed by atoms with Crippen molar-refractivity contribution in [1.29, 1.82) is 0 Å². The van der Waals surface area contributed by atoms with Crippen LogP contribution in [0, 0.1) is 0 Å². The van der Waals surface area contributed by atoms with Gasteiger partial charge in [0, 0.05) is 6.42 Å². The highest BCUT2D eigenvalue weighted by Crippen LogP contribution is 2.33. The number of carbonyl (C=O) groups is 1. The lowest BCUT2D eigenvalue weighted by Gasteiger charge is -2.48. The van der Waals surface area contributed by atoms with Gasteiger partial charge in [0.1, 0.15) is 73.2 Å². The van der Waals surface area contributed by atoms with Gasteiger partial charge in [0.15, 0.2) is 18.9 Å². The van der Waals surface area contributed by atoms with E-state index in [1.165, 1.54) is 161 Å². The smallest absolute Gasteiger partial charge is 0.220 e. The third kappa shape index (κ3) is 49.2. The van der Waals surface area contributed by atoms with Gasteiger partial charge < -0.3 is 89.9 Å². The molecule has 0 aromatic heterocycles. The molecule has 3 fully saturated rings. The highest BCUT2D eigenvalue weighted by atomic mass is 16.8. The maximum atomic E-state index is 13.5. The van der Waals surface area contributed by atoms with Crippen molar-refractivity contribution in [3.05, 3.63) is 134 Å². The van der Waals surface area contributed by atoms with Gasteiger partial charge in [-0.3, -0.25) is 4.79 Å². The molecule has 3 aliphatic heterocycles. The summed E-state index contributed by atoms with van der Waals surface area (Å²) >= 11 is 0. The van der Waals surface area contributed by atoms with Gasteiger partial charge in [0.25, 0.3) is 0 Å². The number of aliphatic hydroxyl groups excluding tert-OH is 11. The van der Waals surface area contributed by atoms with Crippen LogP contribution in [0.15, 0.2) is 134 Å². The number of unbranched alkanes of at least 4 members (excludes halogenated alkanes) is 34. The van der Waals surface area contributed by atoms with Gasteiger partial charge in [-0.2, -0.15) is 0 Å². The standard InChI is InChI=1S/C93H159NO18/c1-3-5-7-9-11-13-15-17-19-21-23-25-27-29-31-33-35-37-38-39-41-43-45-47-49-51-53-55-57-59-61-63-65-67-69-71-81(99)94-76(77(98)70-68-66-64-62-60-58-56-54-52-50-48-46-44-42-40-36-34-32-30-28-26-24-22-20-18-16-14-12-10-8-6-4-2)75-107-91-87(105)84(102)89(79(73-96)109-91)112-93-88(106)85(103)90(80(74-97)110-93)111-92-86(104)83(101)82(100)78(72-95)108-92/h5,7,11,13,17,19,23,25,29,31,35,37,39,41,45,47,51,53,60,62,68,70,76-80,82-93,95-98,100-106H,3-4,6,8-10,12,14-16,18,20-22,24,26-28,30,32-34,36,38,40,42-44,46,48-50,52,54-59,61,63-67,69,71-75H2,1-2H3,(H,94,99)/b7-5-,13-11-,19-17-,25-23-,31-29-,37-35-,41-39-,47-45-,53-51-,62-60+,70-68+. The fourth-order valence-electron chi connectivity index (χ4n) is 14.1. The van der Waals surface area contributed by atoms with E-state index in [1.54, 1.807) is 6.08 Å². The molecule has 3 rings (SSSR count). The molecular weight excluding hydrogens is 1420 g/mol. The van der Waals surface area contributed by atoms with Gasteiger partial charge in [-0.1, -0.05) is 340 Å². The molecule has 0 spiro atoms. The Hall–Kier alpha value is -4.07. The lowest BCUT2D eigenvalue weighted by molar-refractivity contribution is -0.379. The largest absolute Gasteiger partial charge is 0.394 e. The number of hydrogen-bond donors (Lipinski definition) is 12. The summed E-state index contributed by atoms with van der Waals surface area (Å²) in [5, 5.41) is 121. The molecule has 17 atom stereocenters. The SMILES string of the molecule is CC/C=C\C/C=C\C/C=C\C/C=C\C/C=C\C/C=C\C/C=C\C/C=C\C/C=C\CCCCCCCCCC(=O)NC(COC1OC(CO)C(OC2OC(CO)C(OC3OC(CO)C(O)C(O)C3O)C(O)C2O)C(O)C1O)C(O)/C=C/CC/C=C/CCCCCCCCCCCCCCCCCCCCCCCCCCCC. The summed E-state index contributed by atoms with van der Waals surface area (Å²) < 4.78 is 34.5. The lowest BCUT2D eigenvalue weighted by atomic mass is 9.96. The topological polar surface area (TPSA) is 307 Å². The summed E-state index contributed by atoms with van der Waals surface area (Å²) in [6.07, 6.45) is 75.9. The third-order valence-corrected chi connectivity index (χ3v) is 21.2. The summed E-state index contributed by atoms with van der Waals surface area (Å²) in [4.78, 5) is 13.5. The van der Waals surface area contributed by atoms with Crippen molar-refractivity contribution in [2.24, 2.45) is 0 Å². The molecule has 19 nitrogen and oxygen atoms in total. The quantitative estimate of drug-likeness (QED) is 0.0199. The zero-order valence-electron chi connectivity index (χ0n) is 69.4. The Balaban J connectivity index is 1.36. The molecular formula is C93H159NO18. The minimum absolute atomic E-state index is 0.214. The fraction of sp³-hybridized carbons (Fsp3) is 0.753. The normalized spacial score (nSPS) is 25.6. The molecule has 12 N–H and O–H groups in total. The Morgan fingerprint density at radius 2 is 0.625 bits per heavy atom. The van der Waals surface area contributed by atoms with Crippen LogP contribution in [0.1, 0.15) is 316 Å². The number of hydrogen-bond acceptors (Lipinski definition) is 18. The van der Waals surface area contributed by atoms with E-state index in [0.717, 1.165) is 122 Å². The van der Waals surface area contributed by atoms with Crippen molar-refractivity contribution in [2.75, 3.05) is 26.4 Å². The number of ether oxygens (including phenoxy) is 6. The molecule has 0 bridgehead atoms. The molecule has 0 aromatic carbocycles. The van der Waals surface area contributed by atoms with E-state index >= 15 is 0 Å². The van der Waals surface area contributed by atoms with Gasteiger partial charge >= 0.3 is 0 Å². The molecule has 17 unspecified atom stereocenters. The Morgan fingerprint density at radius 1 is 0.330 bits per heavy atom. The maximum absolute atomic E-state index is 13.5. The van der Waals surface area contributed by atoms with Crippen LogP contribution in [-0.2, 0) is 33.2 Å². The van der Waals surface area contributed by atoms with E-state index in [-0.39, 0.29) is 18.9 Å². The Bertz CT molecular complexity index is 2540. The summed E-state index contributed by atoms with van der Waals surface area (Å²) in [6, 6.07) is -1.01. The molecule has 1 amide bonds. The first kappa shape index (κ1) is 102. The Kier molecular flexibility index (Phi) is 64.8. The third-order valence-electron chi connectivity index (χ3n) is 21.2. The van der Waals surface area contributed by atoms with Gasteiger partial charge in [-0.25, -0.2) is 0 Å². The van der Waals surface area contributed by atoms with E-state index in [1.807, 2.05) is 6.08 Å². The number of rotatable bonds is 70. The van der Waals surface area contributed by atoms with Gasteiger partial charge in [-0.15, -0.1) is 0 Å². The van der Waals surface area contributed by atoms with Gasteiger partial charge in [0.2, 0.25) is 5.91 Å². The highest BCUT2D eigenvalue weighted by Gasteiger charge is 2.54. The molecule has 0 aliphatic carbocycles. The van der Waals surface area contributed by atoms with Crippen LogP contribution in [0.25, 0.3) is 0 Å². The zero-order chi connectivity index (χ0) is 81.0. The Labute approximate surface area is 677 Å². The second-order valence-corrected chi connectivity index (χ2v) is 31.0. The van der Waals surface area contributed by atoms with Crippen LogP contribution in [0.5, 0.6) is 0 Å². The molecule has 0 aromatic rings. The van der Waals surface area contributed by atoms with Gasteiger partial charge in [0.05, 0.1) is 38.6 Å². The molecule has 3 saturated heterocycles. The average molecular weight is 1580 g/mol. The van der Waals surface area contributed by atoms with Crippen molar-refractivity contribution < 1.29 is 89.4 Å². The second kappa shape index (κ2) is 71.1. The monoisotopic (exact) mass is 1580 g/mol. The number of aliphatic hydroxyl groups is 11. The first-order valence-electron chi connectivity index (χ1n) is 44.4. The van der Waals surface area contributed by atoms with Crippen molar-refractivity contribution in [1.82, 2.24) is 5.32 Å². The second-order valence-electron chi connectivity index (χ2n) is 31.0.